The lowest BCUT2D eigenvalue weighted by atomic mass is 9.35. The molecule has 4 aliphatic carbocycles. The maximum absolute atomic E-state index is 11.9. The van der Waals surface area contributed by atoms with E-state index in [0.29, 0.717) is 11.8 Å². The molecule has 0 bridgehead atoms. The minimum atomic E-state index is -0.790. The van der Waals surface area contributed by atoms with E-state index in [1.807, 2.05) is 6.92 Å². The summed E-state index contributed by atoms with van der Waals surface area (Å²) in [5.74, 6) is 0.953. The zero-order valence-corrected chi connectivity index (χ0v) is 26.2. The number of methoxy groups -OCH3 is 1. The molecule has 5 heteroatoms. The highest BCUT2D eigenvalue weighted by Gasteiger charge is 2.71. The van der Waals surface area contributed by atoms with Gasteiger partial charge in [-0.2, -0.15) is 0 Å². The molecule has 2 N–H and O–H groups in total. The van der Waals surface area contributed by atoms with Crippen molar-refractivity contribution in [3.63, 3.8) is 0 Å². The minimum Gasteiger partial charge on any atom is -0.462 e. The van der Waals surface area contributed by atoms with Gasteiger partial charge in [-0.1, -0.05) is 34.6 Å². The second-order valence-electron chi connectivity index (χ2n) is 16.1. The standard InChI is InChI=1S/C33H58O5/c1-21(34)38-26-14-17-30(6)24(29(26,4)5)13-19-31(7)25(30)20-23(35)27-22(12-18-32(27,31)8)33(9,36)16-11-15-28(2,3)37-10/h22-27,35-36H,11-20H2,1-10H3/t22-,23+,24-,25+,26-,27-,30-,31+,32+,33+/m0/s1. The van der Waals surface area contributed by atoms with Crippen molar-refractivity contribution >= 4 is 5.97 Å². The Morgan fingerprint density at radius 2 is 1.55 bits per heavy atom. The quantitative estimate of drug-likeness (QED) is 0.347. The van der Waals surface area contributed by atoms with Crippen LogP contribution in [0.2, 0.25) is 0 Å². The molecule has 4 rings (SSSR count). The Kier molecular flexibility index (Phi) is 7.76. The lowest BCUT2D eigenvalue weighted by molar-refractivity contribution is -0.249. The number of fused-ring (bicyclic) bond motifs is 5. The predicted molar refractivity (Wildman–Crippen MR) is 152 cm³/mol. The average molecular weight is 535 g/mol. The lowest BCUT2D eigenvalue weighted by Gasteiger charge is -2.70. The zero-order chi connectivity index (χ0) is 28.5. The van der Waals surface area contributed by atoms with E-state index in [-0.39, 0.29) is 51.2 Å². The summed E-state index contributed by atoms with van der Waals surface area (Å²) in [4.78, 5) is 11.9. The highest BCUT2D eigenvalue weighted by Crippen LogP contribution is 2.75. The third-order valence-corrected chi connectivity index (χ3v) is 13.4. The molecule has 4 fully saturated rings. The van der Waals surface area contributed by atoms with Gasteiger partial charge in [0.15, 0.2) is 0 Å². The number of esters is 1. The molecule has 0 aromatic rings. The summed E-state index contributed by atoms with van der Waals surface area (Å²) in [5.41, 5.74) is -0.825. The molecule has 0 aromatic heterocycles. The van der Waals surface area contributed by atoms with Gasteiger partial charge in [-0.15, -0.1) is 0 Å². The van der Waals surface area contributed by atoms with Crippen molar-refractivity contribution in [3.8, 4) is 0 Å². The number of ether oxygens (including phenoxy) is 2. The fraction of sp³-hybridized carbons (Fsp3) is 0.970. The van der Waals surface area contributed by atoms with Gasteiger partial charge in [0.1, 0.15) is 6.10 Å². The van der Waals surface area contributed by atoms with Crippen LogP contribution < -0.4 is 0 Å². The first-order valence-electron chi connectivity index (χ1n) is 15.5. The molecule has 0 heterocycles. The van der Waals surface area contributed by atoms with Gasteiger partial charge in [-0.05, 0) is 125 Å². The third-order valence-electron chi connectivity index (χ3n) is 13.4. The highest BCUT2D eigenvalue weighted by molar-refractivity contribution is 5.66. The van der Waals surface area contributed by atoms with Crippen LogP contribution >= 0.6 is 0 Å². The van der Waals surface area contributed by atoms with Gasteiger partial charge in [0.05, 0.1) is 17.3 Å². The maximum atomic E-state index is 11.9. The molecule has 0 unspecified atom stereocenters. The van der Waals surface area contributed by atoms with E-state index in [9.17, 15) is 15.0 Å². The Bertz CT molecular complexity index is 894. The largest absolute Gasteiger partial charge is 0.462 e. The molecule has 5 nitrogen and oxygen atoms in total. The molecule has 0 spiro atoms. The second kappa shape index (κ2) is 9.72. The summed E-state index contributed by atoms with van der Waals surface area (Å²) in [6.07, 6.45) is 9.27. The fourth-order valence-corrected chi connectivity index (χ4v) is 11.0. The minimum absolute atomic E-state index is 0.000641. The van der Waals surface area contributed by atoms with Crippen LogP contribution in [0, 0.1) is 45.3 Å². The molecule has 4 aliphatic rings. The van der Waals surface area contributed by atoms with Gasteiger partial charge >= 0.3 is 5.97 Å². The molecule has 0 saturated heterocycles. The average Bonchev–Trinajstić information content (AvgIpc) is 3.18. The predicted octanol–water partition coefficient (Wildman–Crippen LogP) is 6.92. The Morgan fingerprint density at radius 3 is 2.16 bits per heavy atom. The summed E-state index contributed by atoms with van der Waals surface area (Å²) in [7, 11) is 1.76. The van der Waals surface area contributed by atoms with E-state index in [4.69, 9.17) is 9.47 Å². The van der Waals surface area contributed by atoms with Gasteiger partial charge in [0, 0.05) is 19.4 Å². The normalized spacial score (nSPS) is 45.9. The Morgan fingerprint density at radius 1 is 0.921 bits per heavy atom. The topological polar surface area (TPSA) is 76.0 Å². The molecule has 220 valence electrons. The number of hydrogen-bond donors (Lipinski definition) is 2. The molecular weight excluding hydrogens is 476 g/mol. The van der Waals surface area contributed by atoms with E-state index in [1.54, 1.807) is 7.11 Å². The molecule has 0 amide bonds. The van der Waals surface area contributed by atoms with E-state index in [2.05, 4.69) is 48.5 Å². The van der Waals surface area contributed by atoms with Crippen molar-refractivity contribution < 1.29 is 24.5 Å². The number of carbonyl (C=O) groups is 1. The van der Waals surface area contributed by atoms with Crippen molar-refractivity contribution in [2.75, 3.05) is 7.11 Å². The van der Waals surface area contributed by atoms with E-state index < -0.39 is 11.7 Å². The fourth-order valence-electron chi connectivity index (χ4n) is 11.0. The van der Waals surface area contributed by atoms with Crippen LogP contribution in [0.25, 0.3) is 0 Å². The third kappa shape index (κ3) is 4.59. The summed E-state index contributed by atoms with van der Waals surface area (Å²) in [5, 5.41) is 23.8. The first-order valence-corrected chi connectivity index (χ1v) is 15.5. The molecule has 0 aliphatic heterocycles. The first kappa shape index (κ1) is 30.3. The van der Waals surface area contributed by atoms with Gasteiger partial charge < -0.3 is 19.7 Å². The van der Waals surface area contributed by atoms with Gasteiger partial charge in [0.25, 0.3) is 0 Å². The van der Waals surface area contributed by atoms with Crippen molar-refractivity contribution in [3.05, 3.63) is 0 Å². The number of aliphatic hydroxyl groups is 2. The second-order valence-corrected chi connectivity index (χ2v) is 16.1. The molecule has 0 aromatic carbocycles. The van der Waals surface area contributed by atoms with Crippen molar-refractivity contribution in [1.29, 1.82) is 0 Å². The van der Waals surface area contributed by atoms with E-state index >= 15 is 0 Å². The van der Waals surface area contributed by atoms with E-state index in [0.717, 1.165) is 64.2 Å². The number of aliphatic hydroxyl groups excluding tert-OH is 1. The van der Waals surface area contributed by atoms with Crippen molar-refractivity contribution in [2.24, 2.45) is 45.3 Å². The first-order chi connectivity index (χ1) is 17.4. The highest BCUT2D eigenvalue weighted by atomic mass is 16.5. The van der Waals surface area contributed by atoms with E-state index in [1.165, 1.54) is 6.92 Å². The maximum Gasteiger partial charge on any atom is 0.302 e. The molecule has 4 saturated carbocycles. The summed E-state index contributed by atoms with van der Waals surface area (Å²) >= 11 is 0. The zero-order valence-electron chi connectivity index (χ0n) is 26.2. The molecule has 0 radical (unpaired) electrons. The number of hydrogen-bond acceptors (Lipinski definition) is 5. The molecule has 38 heavy (non-hydrogen) atoms. The Balaban J connectivity index is 1.59. The van der Waals surface area contributed by atoms with Gasteiger partial charge in [-0.3, -0.25) is 4.79 Å². The Hall–Kier alpha value is -0.650. The monoisotopic (exact) mass is 534 g/mol. The Labute approximate surface area is 232 Å². The van der Waals surface area contributed by atoms with Crippen LogP contribution in [0.15, 0.2) is 0 Å². The van der Waals surface area contributed by atoms with Crippen LogP contribution in [0.4, 0.5) is 0 Å². The number of carbonyl (C=O) groups excluding carboxylic acids is 1. The SMILES string of the molecule is COC(C)(C)CCC[C@@](C)(O)[C@H]1CC[C@]2(C)[C@@H]1[C@H](O)C[C@@H]1[C@@]3(C)CC[C@H](OC(C)=O)C(C)(C)[C@@H]3CC[C@]12C. The van der Waals surface area contributed by atoms with Crippen LogP contribution in [-0.4, -0.2) is 46.7 Å². The van der Waals surface area contributed by atoms with Crippen LogP contribution in [-0.2, 0) is 14.3 Å². The van der Waals surface area contributed by atoms with Crippen LogP contribution in [0.1, 0.15) is 127 Å². The summed E-state index contributed by atoms with van der Waals surface area (Å²) < 4.78 is 11.5. The smallest absolute Gasteiger partial charge is 0.302 e. The lowest BCUT2D eigenvalue weighted by Crippen LogP contribution is -2.66. The van der Waals surface area contributed by atoms with Crippen molar-refractivity contribution in [1.82, 2.24) is 0 Å². The summed E-state index contributed by atoms with van der Waals surface area (Å²) in [6, 6.07) is 0. The van der Waals surface area contributed by atoms with Crippen molar-refractivity contribution in [2.45, 2.75) is 150 Å². The van der Waals surface area contributed by atoms with Crippen LogP contribution in [0.5, 0.6) is 0 Å². The van der Waals surface area contributed by atoms with Gasteiger partial charge in [0.2, 0.25) is 0 Å². The molecular formula is C33H58O5. The summed E-state index contributed by atoms with van der Waals surface area (Å²) in [6.45, 7) is 19.9. The van der Waals surface area contributed by atoms with Crippen LogP contribution in [0.3, 0.4) is 0 Å². The number of rotatable bonds is 7. The molecule has 10 atom stereocenters. The van der Waals surface area contributed by atoms with Gasteiger partial charge in [-0.25, -0.2) is 0 Å².